The maximum Gasteiger partial charge on any atom is 0.305 e. The van der Waals surface area contributed by atoms with E-state index in [-0.39, 0.29) is 17.4 Å². The molecule has 5 heteroatoms. The molecular formula is C13H24N2O3. The largest absolute Gasteiger partial charge is 0.469 e. The zero-order valence-corrected chi connectivity index (χ0v) is 11.6. The minimum Gasteiger partial charge on any atom is -0.469 e. The van der Waals surface area contributed by atoms with Crippen LogP contribution >= 0.6 is 0 Å². The van der Waals surface area contributed by atoms with E-state index < -0.39 is 0 Å². The number of hydrogen-bond donors (Lipinski definition) is 1. The summed E-state index contributed by atoms with van der Waals surface area (Å²) in [6, 6.07) is 0. The Balaban J connectivity index is 2.43. The van der Waals surface area contributed by atoms with Crippen molar-refractivity contribution in [3.63, 3.8) is 0 Å². The molecule has 1 atom stereocenters. The van der Waals surface area contributed by atoms with E-state index in [1.807, 2.05) is 6.92 Å². The highest BCUT2D eigenvalue weighted by Gasteiger charge is 2.40. The van der Waals surface area contributed by atoms with Gasteiger partial charge in [-0.25, -0.2) is 0 Å². The molecule has 5 nitrogen and oxygen atoms in total. The molecule has 0 aromatic heterocycles. The van der Waals surface area contributed by atoms with Crippen LogP contribution in [0.25, 0.3) is 0 Å². The van der Waals surface area contributed by atoms with Crippen LogP contribution in [-0.2, 0) is 14.3 Å². The van der Waals surface area contributed by atoms with Crippen LogP contribution in [0.15, 0.2) is 0 Å². The number of methoxy groups -OCH3 is 1. The van der Waals surface area contributed by atoms with Crippen molar-refractivity contribution < 1.29 is 14.3 Å². The van der Waals surface area contributed by atoms with Gasteiger partial charge in [-0.15, -0.1) is 0 Å². The summed E-state index contributed by atoms with van der Waals surface area (Å²) in [6.45, 7) is 3.55. The van der Waals surface area contributed by atoms with Crippen LogP contribution < -0.4 is 5.32 Å². The zero-order valence-electron chi connectivity index (χ0n) is 11.6. The third kappa shape index (κ3) is 3.45. The third-order valence-electron chi connectivity index (χ3n) is 3.71. The monoisotopic (exact) mass is 256 g/mol. The number of nitrogens with zero attached hydrogens (tertiary/aromatic N) is 1. The van der Waals surface area contributed by atoms with Gasteiger partial charge in [0.25, 0.3) is 0 Å². The number of carbonyl (C=O) groups is 2. The summed E-state index contributed by atoms with van der Waals surface area (Å²) < 4.78 is 4.58. The molecule has 1 fully saturated rings. The maximum atomic E-state index is 12.4. The first-order valence-electron chi connectivity index (χ1n) is 6.63. The molecule has 0 spiro atoms. The Bertz CT molecular complexity index is 299. The van der Waals surface area contributed by atoms with Crippen LogP contribution in [0.3, 0.4) is 0 Å². The van der Waals surface area contributed by atoms with Crippen molar-refractivity contribution in [1.82, 2.24) is 10.2 Å². The van der Waals surface area contributed by atoms with E-state index in [4.69, 9.17) is 0 Å². The molecule has 1 unspecified atom stereocenters. The van der Waals surface area contributed by atoms with E-state index in [0.717, 1.165) is 25.8 Å². The lowest BCUT2D eigenvalue weighted by atomic mass is 9.92. The van der Waals surface area contributed by atoms with Gasteiger partial charge in [0.1, 0.15) is 0 Å². The van der Waals surface area contributed by atoms with Gasteiger partial charge in [-0.05, 0) is 32.2 Å². The Labute approximate surface area is 109 Å². The van der Waals surface area contributed by atoms with Crippen LogP contribution in [0, 0.1) is 0 Å². The van der Waals surface area contributed by atoms with Crippen LogP contribution in [-0.4, -0.2) is 49.6 Å². The van der Waals surface area contributed by atoms with E-state index in [9.17, 15) is 9.59 Å². The van der Waals surface area contributed by atoms with Gasteiger partial charge >= 0.3 is 5.97 Å². The number of esters is 1. The summed E-state index contributed by atoms with van der Waals surface area (Å²) in [5, 5.41) is 3.33. The van der Waals surface area contributed by atoms with Gasteiger partial charge in [-0.1, -0.05) is 6.92 Å². The Morgan fingerprint density at radius 2 is 2.17 bits per heavy atom. The number of ether oxygens (including phenoxy) is 1. The fourth-order valence-electron chi connectivity index (χ4n) is 2.47. The molecule has 1 aliphatic rings. The van der Waals surface area contributed by atoms with Gasteiger partial charge in [0, 0.05) is 20.0 Å². The van der Waals surface area contributed by atoms with Crippen molar-refractivity contribution in [3.05, 3.63) is 0 Å². The fraction of sp³-hybridized carbons (Fsp3) is 0.846. The number of amides is 1. The minimum atomic E-state index is -0.375. The van der Waals surface area contributed by atoms with Crippen molar-refractivity contribution in [2.45, 2.75) is 44.6 Å². The first-order valence-corrected chi connectivity index (χ1v) is 6.63. The van der Waals surface area contributed by atoms with Gasteiger partial charge in [0.2, 0.25) is 5.91 Å². The van der Waals surface area contributed by atoms with Crippen molar-refractivity contribution in [2.75, 3.05) is 27.2 Å². The summed E-state index contributed by atoms with van der Waals surface area (Å²) in [6.07, 6.45) is 3.78. The van der Waals surface area contributed by atoms with Gasteiger partial charge < -0.3 is 15.0 Å². The quantitative estimate of drug-likeness (QED) is 0.718. The molecule has 1 N–H and O–H groups in total. The third-order valence-corrected chi connectivity index (χ3v) is 3.71. The summed E-state index contributed by atoms with van der Waals surface area (Å²) in [5.41, 5.74) is -0.375. The molecule has 0 aromatic rings. The van der Waals surface area contributed by atoms with E-state index in [2.05, 4.69) is 10.1 Å². The molecule has 0 bridgehead atoms. The molecule has 1 saturated heterocycles. The Morgan fingerprint density at radius 1 is 1.44 bits per heavy atom. The summed E-state index contributed by atoms with van der Waals surface area (Å²) in [5.74, 6) is -0.0765. The first kappa shape index (κ1) is 15.0. The normalized spacial score (nSPS) is 22.8. The predicted molar refractivity (Wildman–Crippen MR) is 69.1 cm³/mol. The molecular weight excluding hydrogens is 232 g/mol. The van der Waals surface area contributed by atoms with Crippen LogP contribution in [0.1, 0.15) is 39.0 Å². The summed E-state index contributed by atoms with van der Waals surface area (Å²) in [7, 11) is 3.18. The number of rotatable bonds is 6. The Morgan fingerprint density at radius 3 is 2.67 bits per heavy atom. The molecule has 18 heavy (non-hydrogen) atoms. The van der Waals surface area contributed by atoms with Crippen LogP contribution in [0.2, 0.25) is 0 Å². The van der Waals surface area contributed by atoms with Gasteiger partial charge in [0.05, 0.1) is 12.6 Å². The van der Waals surface area contributed by atoms with Crippen molar-refractivity contribution >= 4 is 11.9 Å². The van der Waals surface area contributed by atoms with Crippen molar-refractivity contribution in [2.24, 2.45) is 0 Å². The topological polar surface area (TPSA) is 58.6 Å². The lowest BCUT2D eigenvalue weighted by Crippen LogP contribution is -2.53. The molecule has 1 rings (SSSR count). The second-order valence-electron chi connectivity index (χ2n) is 4.87. The average Bonchev–Trinajstić information content (AvgIpc) is 2.87. The van der Waals surface area contributed by atoms with E-state index in [1.165, 1.54) is 7.11 Å². The molecule has 1 heterocycles. The highest BCUT2D eigenvalue weighted by atomic mass is 16.5. The lowest BCUT2D eigenvalue weighted by Gasteiger charge is -2.31. The predicted octanol–water partition coefficient (Wildman–Crippen LogP) is 0.930. The molecule has 104 valence electrons. The molecule has 1 aliphatic heterocycles. The SMILES string of the molecule is CCC1(C(=O)N(C)CCCC(=O)OC)CCCN1. The zero-order chi connectivity index (χ0) is 13.6. The standard InChI is InChI=1S/C13H24N2O3/c1-4-13(8-6-9-14-13)12(17)15(2)10-5-7-11(16)18-3/h14H,4-10H2,1-3H3. The highest BCUT2D eigenvalue weighted by molar-refractivity contribution is 5.86. The highest BCUT2D eigenvalue weighted by Crippen LogP contribution is 2.25. The second-order valence-corrected chi connectivity index (χ2v) is 4.87. The van der Waals surface area contributed by atoms with E-state index in [1.54, 1.807) is 11.9 Å². The number of likely N-dealkylation sites (N-methyl/N-ethyl adjacent to an activating group) is 1. The average molecular weight is 256 g/mol. The van der Waals surface area contributed by atoms with E-state index in [0.29, 0.717) is 19.4 Å². The number of nitrogens with one attached hydrogen (secondary N) is 1. The lowest BCUT2D eigenvalue weighted by molar-refractivity contribution is -0.142. The Kier molecular flexibility index (Phi) is 5.59. The minimum absolute atomic E-state index is 0.146. The van der Waals surface area contributed by atoms with E-state index >= 15 is 0 Å². The van der Waals surface area contributed by atoms with Crippen molar-refractivity contribution in [3.8, 4) is 0 Å². The maximum absolute atomic E-state index is 12.4. The van der Waals surface area contributed by atoms with Crippen LogP contribution in [0.5, 0.6) is 0 Å². The summed E-state index contributed by atoms with van der Waals surface area (Å²) in [4.78, 5) is 25.1. The molecule has 1 amide bonds. The second kappa shape index (κ2) is 6.73. The molecule has 0 aliphatic carbocycles. The van der Waals surface area contributed by atoms with Gasteiger partial charge in [-0.2, -0.15) is 0 Å². The van der Waals surface area contributed by atoms with Gasteiger partial charge in [-0.3, -0.25) is 9.59 Å². The van der Waals surface area contributed by atoms with Crippen molar-refractivity contribution in [1.29, 1.82) is 0 Å². The summed E-state index contributed by atoms with van der Waals surface area (Å²) >= 11 is 0. The fourth-order valence-corrected chi connectivity index (χ4v) is 2.47. The molecule has 0 radical (unpaired) electrons. The molecule has 0 aromatic carbocycles. The smallest absolute Gasteiger partial charge is 0.305 e. The first-order chi connectivity index (χ1) is 8.55. The Hall–Kier alpha value is -1.10. The molecule has 0 saturated carbocycles. The number of carbonyl (C=O) groups excluding carboxylic acids is 2. The van der Waals surface area contributed by atoms with Gasteiger partial charge in [0.15, 0.2) is 0 Å². The van der Waals surface area contributed by atoms with Crippen LogP contribution in [0.4, 0.5) is 0 Å². The number of hydrogen-bond acceptors (Lipinski definition) is 4.